The van der Waals surface area contributed by atoms with E-state index in [1.165, 1.54) is 11.8 Å². The third-order valence-electron chi connectivity index (χ3n) is 2.44. The normalized spacial score (nSPS) is 19.7. The number of carbonyl (C=O) groups excluding carboxylic acids is 2. The molecule has 0 spiro atoms. The number of hydrogen-bond acceptors (Lipinski definition) is 7. The van der Waals surface area contributed by atoms with Crippen LogP contribution in [0.3, 0.4) is 0 Å². The quantitative estimate of drug-likeness (QED) is 0.128. The van der Waals surface area contributed by atoms with Gasteiger partial charge in [-0.15, -0.1) is 11.8 Å². The molecule has 2 atom stereocenters. The van der Waals surface area contributed by atoms with E-state index in [-0.39, 0.29) is 5.96 Å². The van der Waals surface area contributed by atoms with E-state index < -0.39 is 23.4 Å². The van der Waals surface area contributed by atoms with Gasteiger partial charge in [0.1, 0.15) is 6.04 Å². The van der Waals surface area contributed by atoms with Gasteiger partial charge in [-0.2, -0.15) is 0 Å². The van der Waals surface area contributed by atoms with Crippen molar-refractivity contribution in [1.82, 2.24) is 10.6 Å². The predicted octanol–water partition coefficient (Wildman–Crippen LogP) is -1.69. The Morgan fingerprint density at radius 3 is 2.89 bits per heavy atom. The number of guanidine groups is 1. The molecule has 108 valence electrons. The van der Waals surface area contributed by atoms with E-state index in [2.05, 4.69) is 10.6 Å². The van der Waals surface area contributed by atoms with Gasteiger partial charge in [0.2, 0.25) is 0 Å². The fourth-order valence-electron chi connectivity index (χ4n) is 1.47. The molecule has 0 amide bonds. The van der Waals surface area contributed by atoms with Crippen LogP contribution in [0.2, 0.25) is 0 Å². The number of ether oxygens (including phenoxy) is 1. The summed E-state index contributed by atoms with van der Waals surface area (Å²) in [5, 5.41) is 12.0. The van der Waals surface area contributed by atoms with E-state index in [1.54, 1.807) is 0 Å². The van der Waals surface area contributed by atoms with Crippen LogP contribution in [0, 0.1) is 5.41 Å². The molecule has 1 heterocycles. The molecular formula is C10H19N5O3S. The summed E-state index contributed by atoms with van der Waals surface area (Å²) in [6.45, 7) is 1.17. The molecule has 1 unspecified atom stereocenters. The van der Waals surface area contributed by atoms with Gasteiger partial charge in [-0.25, -0.2) is 9.59 Å². The molecule has 1 saturated heterocycles. The summed E-state index contributed by atoms with van der Waals surface area (Å²) >= 11 is 1.40. The van der Waals surface area contributed by atoms with Crippen molar-refractivity contribution in [3.8, 4) is 0 Å². The average molecular weight is 289 g/mol. The van der Waals surface area contributed by atoms with Gasteiger partial charge in [-0.05, 0) is 12.8 Å². The van der Waals surface area contributed by atoms with E-state index in [4.69, 9.17) is 21.6 Å². The second-order valence-corrected chi connectivity index (χ2v) is 5.25. The van der Waals surface area contributed by atoms with Crippen LogP contribution < -0.4 is 22.1 Å². The summed E-state index contributed by atoms with van der Waals surface area (Å²) in [7, 11) is 0. The summed E-state index contributed by atoms with van der Waals surface area (Å²) < 4.78 is 4.70. The molecule has 1 aliphatic heterocycles. The smallest absolute Gasteiger partial charge is 0.341 e. The monoisotopic (exact) mass is 289 g/mol. The number of nitrogens with two attached hydrogens (primary N) is 2. The number of esters is 2. The zero-order chi connectivity index (χ0) is 14.3. The molecular weight excluding hydrogens is 270 g/mol. The van der Waals surface area contributed by atoms with Crippen LogP contribution in [-0.2, 0) is 14.3 Å². The van der Waals surface area contributed by atoms with Crippen molar-refractivity contribution in [1.29, 1.82) is 5.41 Å². The summed E-state index contributed by atoms with van der Waals surface area (Å²) in [5.41, 5.74) is 10.7. The number of nitrogens with one attached hydrogen (secondary N) is 3. The topological polar surface area (TPSA) is 143 Å². The van der Waals surface area contributed by atoms with Gasteiger partial charge in [-0.1, -0.05) is 0 Å². The molecule has 7 N–H and O–H groups in total. The highest BCUT2D eigenvalue weighted by molar-refractivity contribution is 8.00. The lowest BCUT2D eigenvalue weighted by Crippen LogP contribution is -2.39. The number of rotatable bonds is 6. The Kier molecular flexibility index (Phi) is 6.60. The first-order valence-corrected chi connectivity index (χ1v) is 6.99. The first-order valence-electron chi connectivity index (χ1n) is 5.94. The Bertz CT molecular complexity index is 346. The lowest BCUT2D eigenvalue weighted by molar-refractivity contribution is -0.160. The maximum atomic E-state index is 11.5. The van der Waals surface area contributed by atoms with Crippen molar-refractivity contribution in [2.24, 2.45) is 11.5 Å². The minimum atomic E-state index is -0.843. The Balaban J connectivity index is 2.20. The van der Waals surface area contributed by atoms with Crippen molar-refractivity contribution in [2.45, 2.75) is 24.3 Å². The Hall–Kier alpha value is -1.32. The molecule has 0 saturated carbocycles. The summed E-state index contributed by atoms with van der Waals surface area (Å²) in [5.74, 6) is -0.626. The van der Waals surface area contributed by atoms with Gasteiger partial charge in [-0.3, -0.25) is 10.7 Å². The van der Waals surface area contributed by atoms with Crippen LogP contribution in [0.4, 0.5) is 0 Å². The second kappa shape index (κ2) is 7.97. The highest BCUT2D eigenvalue weighted by Crippen LogP contribution is 2.15. The van der Waals surface area contributed by atoms with Crippen LogP contribution >= 0.6 is 11.8 Å². The molecule has 0 aromatic rings. The average Bonchev–Trinajstić information content (AvgIpc) is 2.87. The van der Waals surface area contributed by atoms with E-state index in [9.17, 15) is 9.59 Å². The van der Waals surface area contributed by atoms with Crippen molar-refractivity contribution >= 4 is 29.7 Å². The van der Waals surface area contributed by atoms with Gasteiger partial charge >= 0.3 is 11.9 Å². The third-order valence-corrected chi connectivity index (χ3v) is 3.57. The van der Waals surface area contributed by atoms with Crippen molar-refractivity contribution in [3.05, 3.63) is 0 Å². The molecule has 0 bridgehead atoms. The lowest BCUT2D eigenvalue weighted by atomic mass is 10.2. The van der Waals surface area contributed by atoms with Crippen LogP contribution in [0.15, 0.2) is 0 Å². The van der Waals surface area contributed by atoms with Crippen molar-refractivity contribution < 1.29 is 14.3 Å². The Morgan fingerprint density at radius 1 is 1.58 bits per heavy atom. The van der Waals surface area contributed by atoms with Crippen LogP contribution in [0.5, 0.6) is 0 Å². The molecule has 19 heavy (non-hydrogen) atoms. The predicted molar refractivity (Wildman–Crippen MR) is 72.5 cm³/mol. The van der Waals surface area contributed by atoms with Crippen LogP contribution in [0.1, 0.15) is 12.8 Å². The lowest BCUT2D eigenvalue weighted by Gasteiger charge is -2.12. The van der Waals surface area contributed by atoms with Crippen LogP contribution in [-0.4, -0.2) is 48.2 Å². The molecule has 0 aromatic carbocycles. The summed E-state index contributed by atoms with van der Waals surface area (Å²) in [4.78, 5) is 23.1. The highest BCUT2D eigenvalue weighted by Gasteiger charge is 2.28. The fraction of sp³-hybridized carbons (Fsp3) is 0.700. The molecule has 1 fully saturated rings. The van der Waals surface area contributed by atoms with Gasteiger partial charge < -0.3 is 21.5 Å². The minimum Gasteiger partial charge on any atom is -0.390 e. The standard InChI is InChI=1S/C10H19N5O3S/c11-6(2-1-3-15-10(12)13)8(16)18-9(17)7-14-4-5-19-7/h6-7,14H,1-5,11H2,(H4,12,13,15)/t6-,7?/m0/s1. The van der Waals surface area contributed by atoms with E-state index >= 15 is 0 Å². The van der Waals surface area contributed by atoms with Crippen molar-refractivity contribution in [2.75, 3.05) is 18.8 Å². The number of carbonyl (C=O) groups is 2. The van der Waals surface area contributed by atoms with Gasteiger partial charge in [0.05, 0.1) is 0 Å². The first-order chi connectivity index (χ1) is 9.00. The van der Waals surface area contributed by atoms with Crippen LogP contribution in [0.25, 0.3) is 0 Å². The largest absolute Gasteiger partial charge is 0.390 e. The van der Waals surface area contributed by atoms with E-state index in [1.807, 2.05) is 0 Å². The van der Waals surface area contributed by atoms with Gasteiger partial charge in [0.15, 0.2) is 11.3 Å². The third kappa shape index (κ3) is 5.90. The summed E-state index contributed by atoms with van der Waals surface area (Å²) in [6, 6.07) is -0.843. The minimum absolute atomic E-state index is 0.129. The molecule has 0 aromatic heterocycles. The zero-order valence-corrected chi connectivity index (χ0v) is 11.3. The van der Waals surface area contributed by atoms with E-state index in [0.717, 1.165) is 12.3 Å². The number of hydrogen-bond donors (Lipinski definition) is 5. The SMILES string of the molecule is N=C(N)NCCC[C@H](N)C(=O)OC(=O)C1NCCS1. The number of thioether (sulfide) groups is 1. The molecule has 1 aliphatic rings. The van der Waals surface area contributed by atoms with Crippen molar-refractivity contribution in [3.63, 3.8) is 0 Å². The first kappa shape index (κ1) is 15.7. The molecule has 1 rings (SSSR count). The fourth-order valence-corrected chi connectivity index (χ4v) is 2.36. The zero-order valence-electron chi connectivity index (χ0n) is 10.5. The maximum absolute atomic E-state index is 11.5. The Morgan fingerprint density at radius 2 is 2.32 bits per heavy atom. The van der Waals surface area contributed by atoms with Gasteiger partial charge in [0, 0.05) is 18.8 Å². The maximum Gasteiger partial charge on any atom is 0.341 e. The molecule has 0 aliphatic carbocycles. The van der Waals surface area contributed by atoms with E-state index in [0.29, 0.717) is 19.4 Å². The molecule has 9 heteroatoms. The summed E-state index contributed by atoms with van der Waals surface area (Å²) in [6.07, 6.45) is 0.915. The Labute approximate surface area is 115 Å². The second-order valence-electron chi connectivity index (χ2n) is 4.03. The molecule has 8 nitrogen and oxygen atoms in total. The van der Waals surface area contributed by atoms with Gasteiger partial charge in [0.25, 0.3) is 0 Å². The molecule has 0 radical (unpaired) electrons. The highest BCUT2D eigenvalue weighted by atomic mass is 32.2.